The zero-order valence-corrected chi connectivity index (χ0v) is 14.8. The van der Waals surface area contributed by atoms with Gasteiger partial charge in [0.05, 0.1) is 12.1 Å². The summed E-state index contributed by atoms with van der Waals surface area (Å²) in [5.74, 6) is 0.660. The lowest BCUT2D eigenvalue weighted by molar-refractivity contribution is -0.139. The first-order chi connectivity index (χ1) is 12.5. The summed E-state index contributed by atoms with van der Waals surface area (Å²) in [6, 6.07) is 4.84. The third kappa shape index (κ3) is 3.83. The number of furan rings is 1. The first-order valence-electron chi connectivity index (χ1n) is 7.59. The molecule has 8 heteroatoms. The van der Waals surface area contributed by atoms with Crippen LogP contribution in [0.25, 0.3) is 6.08 Å². The number of carbonyl (C=O) groups excluding carboxylic acids is 2. The van der Waals surface area contributed by atoms with E-state index in [9.17, 15) is 9.59 Å². The van der Waals surface area contributed by atoms with Crippen LogP contribution in [0.1, 0.15) is 27.4 Å². The highest BCUT2D eigenvalue weighted by atomic mass is 35.5. The van der Waals surface area contributed by atoms with Crippen LogP contribution >= 0.6 is 11.6 Å². The number of rotatable bonds is 5. The van der Waals surface area contributed by atoms with Crippen molar-refractivity contribution in [3.8, 4) is 11.5 Å². The molecule has 1 aliphatic rings. The van der Waals surface area contributed by atoms with E-state index in [-0.39, 0.29) is 13.4 Å². The van der Waals surface area contributed by atoms with Crippen molar-refractivity contribution < 1.29 is 33.0 Å². The van der Waals surface area contributed by atoms with Gasteiger partial charge in [0.1, 0.15) is 23.7 Å². The van der Waals surface area contributed by atoms with Crippen molar-refractivity contribution in [2.75, 3.05) is 13.9 Å². The Morgan fingerprint density at radius 2 is 2.08 bits per heavy atom. The van der Waals surface area contributed by atoms with E-state index in [4.69, 9.17) is 30.2 Å². The highest BCUT2D eigenvalue weighted by Gasteiger charge is 2.18. The zero-order chi connectivity index (χ0) is 18.7. The Hall–Kier alpha value is -2.93. The molecule has 0 unspecified atom stereocenters. The molecule has 2 heterocycles. The lowest BCUT2D eigenvalue weighted by atomic mass is 10.2. The number of esters is 2. The van der Waals surface area contributed by atoms with Gasteiger partial charge in [-0.25, -0.2) is 9.59 Å². The number of halogens is 1. The molecule has 1 aliphatic heterocycles. The first kappa shape index (κ1) is 17.9. The van der Waals surface area contributed by atoms with Crippen molar-refractivity contribution in [1.29, 1.82) is 0 Å². The number of hydrogen-bond acceptors (Lipinski definition) is 7. The highest BCUT2D eigenvalue weighted by molar-refractivity contribution is 6.32. The summed E-state index contributed by atoms with van der Waals surface area (Å²) in [4.78, 5) is 23.4. The second kappa shape index (κ2) is 7.53. The van der Waals surface area contributed by atoms with Gasteiger partial charge in [-0.1, -0.05) is 11.6 Å². The molecule has 0 fully saturated rings. The lowest BCUT2D eigenvalue weighted by Crippen LogP contribution is -2.01. The van der Waals surface area contributed by atoms with Gasteiger partial charge in [-0.15, -0.1) is 0 Å². The topological polar surface area (TPSA) is 84.2 Å². The molecule has 136 valence electrons. The molecule has 0 saturated heterocycles. The minimum Gasteiger partial charge on any atom is -0.465 e. The number of aryl methyl sites for hydroxylation is 1. The Balaban J connectivity index is 1.60. The molecule has 0 spiro atoms. The van der Waals surface area contributed by atoms with Crippen LogP contribution in [0.4, 0.5) is 0 Å². The maximum atomic E-state index is 11.9. The van der Waals surface area contributed by atoms with Gasteiger partial charge in [-0.05, 0) is 36.8 Å². The van der Waals surface area contributed by atoms with Crippen LogP contribution in [0.15, 0.2) is 28.7 Å². The van der Waals surface area contributed by atoms with Gasteiger partial charge in [0.15, 0.2) is 11.5 Å². The molecule has 1 aromatic carbocycles. The van der Waals surface area contributed by atoms with Gasteiger partial charge in [0.25, 0.3) is 0 Å². The monoisotopic (exact) mass is 378 g/mol. The minimum absolute atomic E-state index is 0.108. The molecule has 0 saturated carbocycles. The molecular weight excluding hydrogens is 364 g/mol. The number of fused-ring (bicyclic) bond motifs is 1. The predicted octanol–water partition coefficient (Wildman–Crippen LogP) is 3.51. The SMILES string of the molecule is COC(=O)c1cc(COC(=O)/C=C/c2cc(Cl)c3c(c2)OCO3)oc1C. The van der Waals surface area contributed by atoms with Crippen LogP contribution in [-0.2, 0) is 20.9 Å². The van der Waals surface area contributed by atoms with Crippen LogP contribution in [-0.4, -0.2) is 25.8 Å². The van der Waals surface area contributed by atoms with E-state index < -0.39 is 11.9 Å². The number of methoxy groups -OCH3 is 1. The van der Waals surface area contributed by atoms with Crippen LogP contribution < -0.4 is 9.47 Å². The van der Waals surface area contributed by atoms with Crippen molar-refractivity contribution in [2.24, 2.45) is 0 Å². The quantitative estimate of drug-likeness (QED) is 0.581. The second-order valence-electron chi connectivity index (χ2n) is 5.35. The van der Waals surface area contributed by atoms with Crippen LogP contribution in [0.5, 0.6) is 11.5 Å². The molecular formula is C18H15ClO7. The summed E-state index contributed by atoms with van der Waals surface area (Å²) in [6.45, 7) is 1.63. The molecule has 3 rings (SSSR count). The standard InChI is InChI=1S/C18H15ClO7/c1-10-13(18(21)22-2)7-12(26-10)8-23-16(20)4-3-11-5-14(19)17-15(6-11)24-9-25-17/h3-7H,8-9H2,1-2H3/b4-3+. The summed E-state index contributed by atoms with van der Waals surface area (Å²) in [6.07, 6.45) is 2.80. The molecule has 0 aliphatic carbocycles. The van der Waals surface area contributed by atoms with Crippen LogP contribution in [0, 0.1) is 6.92 Å². The molecule has 0 radical (unpaired) electrons. The Morgan fingerprint density at radius 1 is 1.27 bits per heavy atom. The van der Waals surface area contributed by atoms with Crippen molar-refractivity contribution in [1.82, 2.24) is 0 Å². The van der Waals surface area contributed by atoms with E-state index in [0.717, 1.165) is 0 Å². The van der Waals surface area contributed by atoms with Crippen molar-refractivity contribution in [3.05, 3.63) is 51.9 Å². The molecule has 0 bridgehead atoms. The van der Waals surface area contributed by atoms with Crippen molar-refractivity contribution in [3.63, 3.8) is 0 Å². The second-order valence-corrected chi connectivity index (χ2v) is 5.76. The average molecular weight is 379 g/mol. The van der Waals surface area contributed by atoms with E-state index in [0.29, 0.717) is 39.2 Å². The fourth-order valence-corrected chi connectivity index (χ4v) is 2.64. The Kier molecular flexibility index (Phi) is 5.18. The Morgan fingerprint density at radius 3 is 2.85 bits per heavy atom. The van der Waals surface area contributed by atoms with Gasteiger partial charge < -0.3 is 23.4 Å². The fraction of sp³-hybridized carbons (Fsp3) is 0.222. The Labute approximate surface area is 154 Å². The molecule has 2 aromatic rings. The fourth-order valence-electron chi connectivity index (χ4n) is 2.37. The first-order valence-corrected chi connectivity index (χ1v) is 7.97. The average Bonchev–Trinajstić information content (AvgIpc) is 3.24. The summed E-state index contributed by atoms with van der Waals surface area (Å²) in [5, 5.41) is 0.398. The number of benzene rings is 1. The smallest absolute Gasteiger partial charge is 0.341 e. The van der Waals surface area contributed by atoms with E-state index >= 15 is 0 Å². The summed E-state index contributed by atoms with van der Waals surface area (Å²) < 4.78 is 25.6. The predicted molar refractivity (Wildman–Crippen MR) is 91.2 cm³/mol. The normalized spacial score (nSPS) is 12.4. The van der Waals surface area contributed by atoms with Gasteiger partial charge in [0, 0.05) is 6.08 Å². The molecule has 7 nitrogen and oxygen atoms in total. The van der Waals surface area contributed by atoms with Gasteiger partial charge in [-0.2, -0.15) is 0 Å². The molecule has 0 N–H and O–H groups in total. The molecule has 0 amide bonds. The van der Waals surface area contributed by atoms with Gasteiger partial charge >= 0.3 is 11.9 Å². The number of carbonyl (C=O) groups is 2. The van der Waals surface area contributed by atoms with E-state index in [1.165, 1.54) is 19.3 Å². The van der Waals surface area contributed by atoms with Crippen LogP contribution in [0.3, 0.4) is 0 Å². The maximum Gasteiger partial charge on any atom is 0.341 e. The lowest BCUT2D eigenvalue weighted by Gasteiger charge is -2.01. The third-order valence-corrected chi connectivity index (χ3v) is 3.87. The van der Waals surface area contributed by atoms with Crippen molar-refractivity contribution >= 4 is 29.6 Å². The summed E-state index contributed by atoms with van der Waals surface area (Å²) in [7, 11) is 1.28. The zero-order valence-electron chi connectivity index (χ0n) is 14.0. The van der Waals surface area contributed by atoms with Crippen molar-refractivity contribution in [2.45, 2.75) is 13.5 Å². The maximum absolute atomic E-state index is 11.9. The van der Waals surface area contributed by atoms with E-state index in [1.807, 2.05) is 0 Å². The molecule has 0 atom stereocenters. The number of hydrogen-bond donors (Lipinski definition) is 0. The minimum atomic E-state index is -0.576. The summed E-state index contributed by atoms with van der Waals surface area (Å²) in [5.41, 5.74) is 0.960. The summed E-state index contributed by atoms with van der Waals surface area (Å²) >= 11 is 6.08. The Bertz CT molecular complexity index is 882. The van der Waals surface area contributed by atoms with E-state index in [2.05, 4.69) is 4.74 Å². The molecule has 26 heavy (non-hydrogen) atoms. The number of ether oxygens (including phenoxy) is 4. The largest absolute Gasteiger partial charge is 0.465 e. The van der Waals surface area contributed by atoms with E-state index in [1.54, 1.807) is 25.1 Å². The molecule has 1 aromatic heterocycles. The van der Waals surface area contributed by atoms with Gasteiger partial charge in [0.2, 0.25) is 6.79 Å². The third-order valence-electron chi connectivity index (χ3n) is 3.59. The van der Waals surface area contributed by atoms with Crippen LogP contribution in [0.2, 0.25) is 5.02 Å². The van der Waals surface area contributed by atoms with Gasteiger partial charge in [-0.3, -0.25) is 0 Å². The highest BCUT2D eigenvalue weighted by Crippen LogP contribution is 2.40.